The lowest BCUT2D eigenvalue weighted by Crippen LogP contribution is -2.11. The molecule has 1 heterocycles. The Morgan fingerprint density at radius 2 is 1.95 bits per heavy atom. The summed E-state index contributed by atoms with van der Waals surface area (Å²) in [5, 5.41) is 3.77. The van der Waals surface area contributed by atoms with E-state index >= 15 is 0 Å². The van der Waals surface area contributed by atoms with Gasteiger partial charge in [0.2, 0.25) is 0 Å². The van der Waals surface area contributed by atoms with Crippen LogP contribution in [0.25, 0.3) is 11.0 Å². The van der Waals surface area contributed by atoms with Gasteiger partial charge in [-0.1, -0.05) is 34.1 Å². The number of rotatable bonds is 2. The molecule has 0 radical (unpaired) electrons. The zero-order valence-corrected chi connectivity index (χ0v) is 13.9. The molecule has 100 valence electrons. The first-order chi connectivity index (χ1) is 9.63. The fourth-order valence-corrected chi connectivity index (χ4v) is 3.31. The normalized spacial score (nSPS) is 10.7. The largest absolute Gasteiger partial charge is 0.451 e. The summed E-state index contributed by atoms with van der Waals surface area (Å²) in [5.41, 5.74) is 1.47. The standard InChI is InChI=1S/C15H9BrINO2/c16-10-5-6-12(11(17)8-10)18-15(19)14-7-9-3-1-2-4-13(9)20-14/h1-8H,(H,18,19). The average Bonchev–Trinajstić information content (AvgIpc) is 2.86. The third kappa shape index (κ3) is 2.73. The van der Waals surface area contributed by atoms with Crippen LogP contribution in [0.1, 0.15) is 10.6 Å². The van der Waals surface area contributed by atoms with Crippen LogP contribution in [0, 0.1) is 3.57 Å². The smallest absolute Gasteiger partial charge is 0.291 e. The maximum atomic E-state index is 12.2. The lowest BCUT2D eigenvalue weighted by atomic mass is 10.2. The van der Waals surface area contributed by atoms with Gasteiger partial charge in [0.1, 0.15) is 5.58 Å². The molecule has 3 rings (SSSR count). The molecule has 1 aromatic heterocycles. The lowest BCUT2D eigenvalue weighted by Gasteiger charge is -2.05. The Morgan fingerprint density at radius 1 is 1.15 bits per heavy atom. The maximum absolute atomic E-state index is 12.2. The minimum Gasteiger partial charge on any atom is -0.451 e. The molecule has 1 amide bonds. The predicted octanol–water partition coefficient (Wildman–Crippen LogP) is 5.05. The summed E-state index contributed by atoms with van der Waals surface area (Å²) in [6, 6.07) is 15.0. The van der Waals surface area contributed by atoms with Crippen LogP contribution in [0.5, 0.6) is 0 Å². The van der Waals surface area contributed by atoms with Crippen molar-refractivity contribution in [2.45, 2.75) is 0 Å². The van der Waals surface area contributed by atoms with Gasteiger partial charge in [-0.15, -0.1) is 0 Å². The number of anilines is 1. The molecule has 0 unspecified atom stereocenters. The summed E-state index contributed by atoms with van der Waals surface area (Å²) >= 11 is 5.57. The highest BCUT2D eigenvalue weighted by molar-refractivity contribution is 14.1. The van der Waals surface area contributed by atoms with Crippen LogP contribution in [0.3, 0.4) is 0 Å². The van der Waals surface area contributed by atoms with Crippen LogP contribution in [0.2, 0.25) is 0 Å². The summed E-state index contributed by atoms with van der Waals surface area (Å²) in [4.78, 5) is 12.2. The number of fused-ring (bicyclic) bond motifs is 1. The Hall–Kier alpha value is -1.34. The number of hydrogen-bond donors (Lipinski definition) is 1. The van der Waals surface area contributed by atoms with Crippen LogP contribution in [0.4, 0.5) is 5.69 Å². The summed E-state index contributed by atoms with van der Waals surface area (Å²) in [6.45, 7) is 0. The fourth-order valence-electron chi connectivity index (χ4n) is 1.87. The van der Waals surface area contributed by atoms with E-state index in [-0.39, 0.29) is 5.91 Å². The topological polar surface area (TPSA) is 42.2 Å². The Labute approximate surface area is 137 Å². The summed E-state index contributed by atoms with van der Waals surface area (Å²) in [7, 11) is 0. The number of benzene rings is 2. The average molecular weight is 442 g/mol. The zero-order valence-electron chi connectivity index (χ0n) is 10.2. The fraction of sp³-hybridized carbons (Fsp3) is 0. The van der Waals surface area contributed by atoms with Crippen molar-refractivity contribution in [2.75, 3.05) is 5.32 Å². The van der Waals surface area contributed by atoms with Gasteiger partial charge >= 0.3 is 0 Å². The summed E-state index contributed by atoms with van der Waals surface area (Å²) in [5.74, 6) is 0.0614. The molecule has 3 nitrogen and oxygen atoms in total. The van der Waals surface area contributed by atoms with Crippen LogP contribution < -0.4 is 5.32 Å². The highest BCUT2D eigenvalue weighted by Gasteiger charge is 2.13. The van der Waals surface area contributed by atoms with E-state index in [4.69, 9.17) is 4.42 Å². The molecule has 0 aliphatic heterocycles. The Balaban J connectivity index is 1.89. The van der Waals surface area contributed by atoms with Gasteiger partial charge in [0.15, 0.2) is 5.76 Å². The van der Waals surface area contributed by atoms with Crippen molar-refractivity contribution in [3.63, 3.8) is 0 Å². The molecule has 0 fully saturated rings. The third-order valence-corrected chi connectivity index (χ3v) is 4.21. The summed E-state index contributed by atoms with van der Waals surface area (Å²) in [6.07, 6.45) is 0. The number of furan rings is 1. The van der Waals surface area contributed by atoms with E-state index in [0.29, 0.717) is 11.3 Å². The number of hydrogen-bond acceptors (Lipinski definition) is 2. The first-order valence-corrected chi connectivity index (χ1v) is 7.75. The van der Waals surface area contributed by atoms with Gasteiger partial charge in [-0.05, 0) is 52.9 Å². The van der Waals surface area contributed by atoms with Crippen molar-refractivity contribution in [1.29, 1.82) is 0 Å². The van der Waals surface area contributed by atoms with E-state index < -0.39 is 0 Å². The van der Waals surface area contributed by atoms with Crippen LogP contribution in [-0.2, 0) is 0 Å². The van der Waals surface area contributed by atoms with Crippen molar-refractivity contribution in [3.05, 3.63) is 62.3 Å². The van der Waals surface area contributed by atoms with E-state index in [1.165, 1.54) is 0 Å². The zero-order chi connectivity index (χ0) is 14.1. The van der Waals surface area contributed by atoms with E-state index in [2.05, 4.69) is 43.8 Å². The molecule has 3 aromatic rings. The van der Waals surface area contributed by atoms with Crippen molar-refractivity contribution >= 4 is 61.1 Å². The molecule has 0 saturated carbocycles. The molecule has 0 atom stereocenters. The second-order valence-corrected chi connectivity index (χ2v) is 6.30. The van der Waals surface area contributed by atoms with Crippen molar-refractivity contribution in [1.82, 2.24) is 0 Å². The van der Waals surface area contributed by atoms with Crippen LogP contribution >= 0.6 is 38.5 Å². The minimum atomic E-state index is -0.249. The molecule has 5 heteroatoms. The molecule has 0 spiro atoms. The van der Waals surface area contributed by atoms with Gasteiger partial charge in [0.05, 0.1) is 5.69 Å². The monoisotopic (exact) mass is 441 g/mol. The van der Waals surface area contributed by atoms with Crippen LogP contribution in [0.15, 0.2) is 57.4 Å². The number of para-hydroxylation sites is 1. The maximum Gasteiger partial charge on any atom is 0.291 e. The highest BCUT2D eigenvalue weighted by Crippen LogP contribution is 2.24. The minimum absolute atomic E-state index is 0.249. The van der Waals surface area contributed by atoms with Gasteiger partial charge in [-0.25, -0.2) is 0 Å². The molecular formula is C15H9BrINO2. The Bertz CT molecular complexity index is 764. The second-order valence-electron chi connectivity index (χ2n) is 4.23. The van der Waals surface area contributed by atoms with E-state index in [1.54, 1.807) is 6.07 Å². The number of nitrogens with one attached hydrogen (secondary N) is 1. The SMILES string of the molecule is O=C(Nc1ccc(Br)cc1I)c1cc2ccccc2o1. The van der Waals surface area contributed by atoms with Crippen molar-refractivity contribution in [2.24, 2.45) is 0 Å². The number of carbonyl (C=O) groups is 1. The number of carbonyl (C=O) groups excluding carboxylic acids is 1. The van der Waals surface area contributed by atoms with Gasteiger partial charge < -0.3 is 9.73 Å². The van der Waals surface area contributed by atoms with E-state index in [0.717, 1.165) is 19.1 Å². The third-order valence-electron chi connectivity index (χ3n) is 2.83. The van der Waals surface area contributed by atoms with Gasteiger partial charge in [0.25, 0.3) is 5.91 Å². The van der Waals surface area contributed by atoms with Gasteiger partial charge in [-0.2, -0.15) is 0 Å². The highest BCUT2D eigenvalue weighted by atomic mass is 127. The van der Waals surface area contributed by atoms with E-state index in [1.807, 2.05) is 42.5 Å². The Morgan fingerprint density at radius 3 is 2.70 bits per heavy atom. The molecule has 0 aliphatic carbocycles. The molecule has 2 aromatic carbocycles. The molecule has 0 bridgehead atoms. The predicted molar refractivity (Wildman–Crippen MR) is 91.0 cm³/mol. The van der Waals surface area contributed by atoms with Crippen molar-refractivity contribution in [3.8, 4) is 0 Å². The van der Waals surface area contributed by atoms with Gasteiger partial charge in [-0.3, -0.25) is 4.79 Å². The quantitative estimate of drug-likeness (QED) is 0.565. The summed E-state index contributed by atoms with van der Waals surface area (Å²) < 4.78 is 7.48. The molecular weight excluding hydrogens is 433 g/mol. The number of amides is 1. The molecule has 1 N–H and O–H groups in total. The Kier molecular flexibility index (Phi) is 3.80. The first-order valence-electron chi connectivity index (χ1n) is 5.88. The van der Waals surface area contributed by atoms with Gasteiger partial charge in [0, 0.05) is 13.4 Å². The lowest BCUT2D eigenvalue weighted by molar-refractivity contribution is 0.0998. The first kappa shape index (κ1) is 13.6. The van der Waals surface area contributed by atoms with Crippen LogP contribution in [-0.4, -0.2) is 5.91 Å². The number of halogens is 2. The van der Waals surface area contributed by atoms with Crippen molar-refractivity contribution < 1.29 is 9.21 Å². The van der Waals surface area contributed by atoms with E-state index in [9.17, 15) is 4.79 Å². The molecule has 20 heavy (non-hydrogen) atoms. The molecule has 0 aliphatic rings. The second kappa shape index (κ2) is 5.57. The molecule has 0 saturated heterocycles.